The van der Waals surface area contributed by atoms with E-state index in [9.17, 15) is 18.4 Å². The Morgan fingerprint density at radius 1 is 0.650 bits per heavy atom. The number of halogens is 5. The van der Waals surface area contributed by atoms with E-state index in [4.69, 9.17) is 24.6 Å². The van der Waals surface area contributed by atoms with Gasteiger partial charge in [-0.2, -0.15) is 10.2 Å². The fourth-order valence-electron chi connectivity index (χ4n) is 6.12. The molecule has 0 radical (unpaired) electrons. The third-order valence-electron chi connectivity index (χ3n) is 9.19. The molecule has 0 bridgehead atoms. The van der Waals surface area contributed by atoms with Crippen LogP contribution in [0.15, 0.2) is 130 Å². The lowest BCUT2D eigenvalue weighted by Crippen LogP contribution is -2.32. The molecule has 8 aromatic rings. The standard InChI is InChI=1S/C22H16BrFN2O2.C15H12BrIN2O.C7H6BFO3/c1-28-17-6-2-14(3-7-17)12-26-21-11-16(23)5-9-19(21)22(25-26)18-8-4-15(13-27)10-20(18)24;1-20-12-5-2-10(3-6-12)9-19-14-8-11(16)4-7-13(14)15(17)18-19;9-7-3-5(4-10)1-2-6(7)8(11)12/h2-11,13H,12H2,1H3;2-8H,9H2,1H3;1-4,11-12H. The largest absolute Gasteiger partial charge is 0.497 e. The molecular formula is C44H34BBr2F2IN4O6. The van der Waals surface area contributed by atoms with Crippen molar-refractivity contribution in [2.24, 2.45) is 0 Å². The maximum Gasteiger partial charge on any atom is 0.491 e. The number of hydrogen-bond acceptors (Lipinski definition) is 8. The van der Waals surface area contributed by atoms with Crippen LogP contribution in [-0.2, 0) is 13.1 Å². The van der Waals surface area contributed by atoms with Gasteiger partial charge in [0.05, 0.1) is 38.3 Å². The number of hydrogen-bond donors (Lipinski definition) is 2. The molecule has 0 fully saturated rings. The lowest BCUT2D eigenvalue weighted by Gasteiger charge is -2.05. The average Bonchev–Trinajstić information content (AvgIpc) is 3.76. The van der Waals surface area contributed by atoms with Crippen molar-refractivity contribution in [3.05, 3.63) is 168 Å². The Bertz CT molecular complexity index is 2790. The molecule has 6 aromatic carbocycles. The number of benzene rings is 6. The normalized spacial score (nSPS) is 10.7. The molecule has 0 spiro atoms. The molecule has 0 atom stereocenters. The number of ether oxygens (including phenoxy) is 2. The fraction of sp³-hybridized carbons (Fsp3) is 0.0909. The van der Waals surface area contributed by atoms with E-state index in [2.05, 4.69) is 83.8 Å². The second-order valence-electron chi connectivity index (χ2n) is 13.1. The molecule has 0 amide bonds. The highest BCUT2D eigenvalue weighted by atomic mass is 127. The summed E-state index contributed by atoms with van der Waals surface area (Å²) in [5.41, 5.74) is 5.42. The number of fused-ring (bicyclic) bond motifs is 2. The van der Waals surface area contributed by atoms with Gasteiger partial charge in [0.2, 0.25) is 0 Å². The van der Waals surface area contributed by atoms with E-state index in [-0.39, 0.29) is 11.0 Å². The van der Waals surface area contributed by atoms with Crippen molar-refractivity contribution in [2.75, 3.05) is 14.2 Å². The molecule has 16 heteroatoms. The first-order valence-electron chi connectivity index (χ1n) is 18.0. The smallest absolute Gasteiger partial charge is 0.491 e. The van der Waals surface area contributed by atoms with Gasteiger partial charge in [0.25, 0.3) is 0 Å². The van der Waals surface area contributed by atoms with Crippen LogP contribution in [0.3, 0.4) is 0 Å². The first-order valence-corrected chi connectivity index (χ1v) is 20.7. The quantitative estimate of drug-likeness (QED) is 0.0789. The van der Waals surface area contributed by atoms with Crippen molar-refractivity contribution in [3.8, 4) is 22.8 Å². The molecule has 0 aliphatic carbocycles. The molecule has 10 nitrogen and oxygen atoms in total. The van der Waals surface area contributed by atoms with Crippen LogP contribution in [0.25, 0.3) is 33.1 Å². The molecular weight excluding hydrogens is 1020 g/mol. The van der Waals surface area contributed by atoms with Crippen molar-refractivity contribution in [2.45, 2.75) is 13.1 Å². The summed E-state index contributed by atoms with van der Waals surface area (Å²) in [7, 11) is 1.46. The number of carbonyl (C=O) groups excluding carboxylic acids is 2. The molecule has 60 heavy (non-hydrogen) atoms. The minimum atomic E-state index is -1.84. The number of aldehydes is 2. The van der Waals surface area contributed by atoms with Crippen molar-refractivity contribution in [1.82, 2.24) is 19.6 Å². The Balaban J connectivity index is 0.000000164. The van der Waals surface area contributed by atoms with Crippen LogP contribution < -0.4 is 14.9 Å². The topological polar surface area (TPSA) is 129 Å². The number of aromatic nitrogens is 4. The number of methoxy groups -OCH3 is 2. The van der Waals surface area contributed by atoms with Crippen LogP contribution in [0.5, 0.6) is 11.5 Å². The van der Waals surface area contributed by atoms with Crippen molar-refractivity contribution >= 4 is 101 Å². The van der Waals surface area contributed by atoms with Gasteiger partial charge in [-0.15, -0.1) is 0 Å². The molecule has 304 valence electrons. The molecule has 0 unspecified atom stereocenters. The monoisotopic (exact) mass is 1050 g/mol. The summed E-state index contributed by atoms with van der Waals surface area (Å²) < 4.78 is 44.7. The van der Waals surface area contributed by atoms with Gasteiger partial charge >= 0.3 is 7.12 Å². The van der Waals surface area contributed by atoms with E-state index in [0.29, 0.717) is 35.9 Å². The van der Waals surface area contributed by atoms with Crippen molar-refractivity contribution in [3.63, 3.8) is 0 Å². The Morgan fingerprint density at radius 3 is 1.62 bits per heavy atom. The van der Waals surface area contributed by atoms with Crippen LogP contribution in [0, 0.1) is 15.3 Å². The predicted octanol–water partition coefficient (Wildman–Crippen LogP) is 9.25. The van der Waals surface area contributed by atoms with E-state index in [1.165, 1.54) is 23.1 Å². The highest BCUT2D eigenvalue weighted by Crippen LogP contribution is 2.32. The zero-order valence-corrected chi connectivity index (χ0v) is 37.2. The molecule has 2 heterocycles. The lowest BCUT2D eigenvalue weighted by atomic mass is 9.79. The van der Waals surface area contributed by atoms with Gasteiger partial charge in [-0.3, -0.25) is 19.0 Å². The van der Waals surface area contributed by atoms with Gasteiger partial charge < -0.3 is 19.5 Å². The minimum Gasteiger partial charge on any atom is -0.497 e. The number of rotatable bonds is 10. The Labute approximate surface area is 374 Å². The first-order chi connectivity index (χ1) is 28.9. The molecule has 2 N–H and O–H groups in total. The first kappa shape index (κ1) is 44.3. The zero-order valence-electron chi connectivity index (χ0n) is 31.9. The predicted molar refractivity (Wildman–Crippen MR) is 244 cm³/mol. The van der Waals surface area contributed by atoms with Crippen LogP contribution in [0.2, 0.25) is 0 Å². The van der Waals surface area contributed by atoms with Crippen molar-refractivity contribution < 1.29 is 37.9 Å². The Kier molecular flexibility index (Phi) is 15.0. The van der Waals surface area contributed by atoms with Crippen LogP contribution in [0.1, 0.15) is 31.8 Å². The third kappa shape index (κ3) is 10.7. The number of nitrogens with zero attached hydrogens (tertiary/aromatic N) is 4. The lowest BCUT2D eigenvalue weighted by molar-refractivity contribution is 0.111. The second-order valence-corrected chi connectivity index (χ2v) is 16.0. The Hall–Kier alpha value is -5.27. The Morgan fingerprint density at radius 2 is 1.13 bits per heavy atom. The molecule has 0 saturated heterocycles. The summed E-state index contributed by atoms with van der Waals surface area (Å²) in [6, 6.07) is 35.7. The SMILES string of the molecule is COc1ccc(Cn2nc(-c3ccc(C=O)cc3F)c3ccc(Br)cc32)cc1.COc1ccc(Cn2nc(I)c3ccc(Br)cc32)cc1.O=Cc1ccc(B(O)O)c(F)c1. The summed E-state index contributed by atoms with van der Waals surface area (Å²) in [4.78, 5) is 21.1. The van der Waals surface area contributed by atoms with Crippen LogP contribution >= 0.6 is 54.5 Å². The molecule has 0 saturated carbocycles. The van der Waals surface area contributed by atoms with Crippen LogP contribution in [-0.4, -0.2) is 63.5 Å². The van der Waals surface area contributed by atoms with Gasteiger partial charge in [-0.25, -0.2) is 8.78 Å². The molecule has 0 aliphatic heterocycles. The zero-order chi connectivity index (χ0) is 42.9. The summed E-state index contributed by atoms with van der Waals surface area (Å²) >= 11 is 9.30. The maximum absolute atomic E-state index is 14.6. The van der Waals surface area contributed by atoms with E-state index in [0.717, 1.165) is 64.8 Å². The number of carbonyl (C=O) groups is 2. The third-order valence-corrected chi connectivity index (χ3v) is 11.0. The van der Waals surface area contributed by atoms with Crippen LogP contribution in [0.4, 0.5) is 8.78 Å². The minimum absolute atomic E-state index is 0.164. The fourth-order valence-corrected chi connectivity index (χ4v) is 7.54. The summed E-state index contributed by atoms with van der Waals surface area (Å²) in [5, 5.41) is 28.5. The summed E-state index contributed by atoms with van der Waals surface area (Å²) in [6.45, 7) is 1.28. The van der Waals surface area contributed by atoms with E-state index < -0.39 is 18.8 Å². The molecule has 0 aliphatic rings. The van der Waals surface area contributed by atoms with Crippen molar-refractivity contribution in [1.29, 1.82) is 0 Å². The van der Waals surface area contributed by atoms with Gasteiger partial charge in [-0.05, 0) is 113 Å². The molecule has 2 aromatic heterocycles. The van der Waals surface area contributed by atoms with E-state index >= 15 is 0 Å². The summed E-state index contributed by atoms with van der Waals surface area (Å²) in [6.07, 6.45) is 1.11. The summed E-state index contributed by atoms with van der Waals surface area (Å²) in [5.74, 6) is 0.393. The highest BCUT2D eigenvalue weighted by molar-refractivity contribution is 14.1. The molecule has 8 rings (SSSR count). The second kappa shape index (κ2) is 20.3. The van der Waals surface area contributed by atoms with Gasteiger partial charge in [0, 0.05) is 41.9 Å². The maximum atomic E-state index is 14.6. The van der Waals surface area contributed by atoms with E-state index in [1.54, 1.807) is 26.4 Å². The van der Waals surface area contributed by atoms with Gasteiger partial charge in [0.15, 0.2) is 0 Å². The van der Waals surface area contributed by atoms with Gasteiger partial charge in [-0.1, -0.05) is 74.3 Å². The average molecular weight is 1050 g/mol. The van der Waals surface area contributed by atoms with E-state index in [1.807, 2.05) is 70.0 Å². The highest BCUT2D eigenvalue weighted by Gasteiger charge is 2.18. The van der Waals surface area contributed by atoms with Gasteiger partial charge in [0.1, 0.15) is 45.1 Å².